The van der Waals surface area contributed by atoms with Gasteiger partial charge in [-0.25, -0.2) is 5.43 Å². The second-order valence-electron chi connectivity index (χ2n) is 5.95. The van der Waals surface area contributed by atoms with Gasteiger partial charge in [-0.1, -0.05) is 37.6 Å². The summed E-state index contributed by atoms with van der Waals surface area (Å²) in [5.41, 5.74) is 4.32. The predicted molar refractivity (Wildman–Crippen MR) is 108 cm³/mol. The first-order chi connectivity index (χ1) is 13.2. The van der Waals surface area contributed by atoms with E-state index < -0.39 is 0 Å². The van der Waals surface area contributed by atoms with Gasteiger partial charge in [0.15, 0.2) is 6.61 Å². The van der Waals surface area contributed by atoms with Gasteiger partial charge < -0.3 is 9.47 Å². The summed E-state index contributed by atoms with van der Waals surface area (Å²) in [7, 11) is 0. The van der Waals surface area contributed by atoms with E-state index >= 15 is 0 Å². The fourth-order valence-electron chi connectivity index (χ4n) is 2.31. The zero-order valence-electron chi connectivity index (χ0n) is 15.7. The number of ether oxygens (including phenoxy) is 2. The molecule has 5 heteroatoms. The number of hydrogen-bond donors (Lipinski definition) is 1. The highest BCUT2D eigenvalue weighted by Crippen LogP contribution is 2.18. The van der Waals surface area contributed by atoms with E-state index in [9.17, 15) is 4.79 Å². The Balaban J connectivity index is 1.77. The second kappa shape index (κ2) is 11.5. The van der Waals surface area contributed by atoms with Gasteiger partial charge >= 0.3 is 0 Å². The Hall–Kier alpha value is -3.08. The van der Waals surface area contributed by atoms with E-state index in [0.717, 1.165) is 36.3 Å². The van der Waals surface area contributed by atoms with Crippen molar-refractivity contribution in [3.05, 3.63) is 72.3 Å². The van der Waals surface area contributed by atoms with E-state index in [-0.39, 0.29) is 12.5 Å². The molecule has 0 saturated heterocycles. The lowest BCUT2D eigenvalue weighted by Gasteiger charge is -2.09. The summed E-state index contributed by atoms with van der Waals surface area (Å²) < 4.78 is 11.2. The molecule has 2 rings (SSSR count). The minimum Gasteiger partial charge on any atom is -0.494 e. The molecule has 0 radical (unpaired) electrons. The fraction of sp³-hybridized carbons (Fsp3) is 0.273. The molecule has 2 aromatic carbocycles. The SMILES string of the molecule is C=CCc1ccccc1OCC(=O)NN=Cc1ccc(OCCCC)cc1. The number of allylic oxidation sites excluding steroid dienone is 1. The van der Waals surface area contributed by atoms with Crippen molar-refractivity contribution < 1.29 is 14.3 Å². The minimum atomic E-state index is -0.320. The third kappa shape index (κ3) is 7.36. The Kier molecular flexibility index (Phi) is 8.63. The van der Waals surface area contributed by atoms with Gasteiger partial charge in [0.25, 0.3) is 5.91 Å². The average Bonchev–Trinajstić information content (AvgIpc) is 2.69. The van der Waals surface area contributed by atoms with Crippen LogP contribution >= 0.6 is 0 Å². The number of hydrazone groups is 1. The maximum Gasteiger partial charge on any atom is 0.277 e. The van der Waals surface area contributed by atoms with Crippen LogP contribution in [0.1, 0.15) is 30.9 Å². The van der Waals surface area contributed by atoms with Crippen LogP contribution in [-0.4, -0.2) is 25.3 Å². The van der Waals surface area contributed by atoms with Gasteiger partial charge in [-0.05, 0) is 54.3 Å². The number of nitrogens with one attached hydrogen (secondary N) is 1. The number of hydrogen-bond acceptors (Lipinski definition) is 4. The highest BCUT2D eigenvalue weighted by molar-refractivity contribution is 5.83. The summed E-state index contributed by atoms with van der Waals surface area (Å²) in [6, 6.07) is 15.1. The molecule has 0 heterocycles. The molecule has 142 valence electrons. The maximum absolute atomic E-state index is 11.9. The molecule has 0 aliphatic rings. The summed E-state index contributed by atoms with van der Waals surface area (Å²) in [4.78, 5) is 11.9. The summed E-state index contributed by atoms with van der Waals surface area (Å²) in [5.74, 6) is 1.19. The number of carbonyl (C=O) groups is 1. The second-order valence-corrected chi connectivity index (χ2v) is 5.95. The monoisotopic (exact) mass is 366 g/mol. The predicted octanol–water partition coefficient (Wildman–Crippen LogP) is 4.12. The van der Waals surface area contributed by atoms with Crippen LogP contribution < -0.4 is 14.9 Å². The number of carbonyl (C=O) groups excluding carboxylic acids is 1. The molecular formula is C22H26N2O3. The van der Waals surface area contributed by atoms with Crippen LogP contribution in [0, 0.1) is 0 Å². The average molecular weight is 366 g/mol. The number of benzene rings is 2. The zero-order chi connectivity index (χ0) is 19.3. The van der Waals surface area contributed by atoms with Crippen molar-refractivity contribution in [3.8, 4) is 11.5 Å². The Labute approximate surface area is 160 Å². The largest absolute Gasteiger partial charge is 0.494 e. The molecule has 1 amide bonds. The van der Waals surface area contributed by atoms with E-state index in [0.29, 0.717) is 12.2 Å². The summed E-state index contributed by atoms with van der Waals surface area (Å²) in [6.45, 7) is 6.47. The smallest absolute Gasteiger partial charge is 0.277 e. The molecule has 2 aromatic rings. The Morgan fingerprint density at radius 1 is 1.15 bits per heavy atom. The lowest BCUT2D eigenvalue weighted by molar-refractivity contribution is -0.123. The van der Waals surface area contributed by atoms with Gasteiger partial charge in [-0.2, -0.15) is 5.10 Å². The van der Waals surface area contributed by atoms with E-state index in [1.54, 1.807) is 12.3 Å². The number of nitrogens with zero attached hydrogens (tertiary/aromatic N) is 1. The summed E-state index contributed by atoms with van der Waals surface area (Å²) in [6.07, 6.45) is 6.21. The molecule has 0 bridgehead atoms. The highest BCUT2D eigenvalue weighted by Gasteiger charge is 2.05. The highest BCUT2D eigenvalue weighted by atomic mass is 16.5. The lowest BCUT2D eigenvalue weighted by atomic mass is 10.1. The molecule has 5 nitrogen and oxygen atoms in total. The number of rotatable bonds is 11. The van der Waals surface area contributed by atoms with Crippen LogP contribution in [0.25, 0.3) is 0 Å². The van der Waals surface area contributed by atoms with E-state index in [4.69, 9.17) is 9.47 Å². The van der Waals surface area contributed by atoms with Gasteiger partial charge in [-0.15, -0.1) is 6.58 Å². The Morgan fingerprint density at radius 3 is 2.67 bits per heavy atom. The molecule has 0 spiro atoms. The quantitative estimate of drug-likeness (QED) is 0.282. The van der Waals surface area contributed by atoms with E-state index in [1.807, 2.05) is 48.5 Å². The molecule has 0 atom stereocenters. The van der Waals surface area contributed by atoms with Crippen LogP contribution in [0.3, 0.4) is 0 Å². The first kappa shape index (κ1) is 20.2. The van der Waals surface area contributed by atoms with E-state index in [1.165, 1.54) is 0 Å². The van der Waals surface area contributed by atoms with Crippen molar-refractivity contribution in [1.29, 1.82) is 0 Å². The molecule has 0 aliphatic carbocycles. The molecule has 0 aliphatic heterocycles. The van der Waals surface area contributed by atoms with Gasteiger partial charge in [0.1, 0.15) is 11.5 Å². The van der Waals surface area contributed by atoms with E-state index in [2.05, 4.69) is 24.0 Å². The van der Waals surface area contributed by atoms with Crippen molar-refractivity contribution in [2.45, 2.75) is 26.2 Å². The summed E-state index contributed by atoms with van der Waals surface area (Å²) in [5, 5.41) is 3.96. The van der Waals surface area contributed by atoms with Crippen LogP contribution in [-0.2, 0) is 11.2 Å². The molecule has 0 saturated carbocycles. The van der Waals surface area contributed by atoms with Gasteiger partial charge in [0, 0.05) is 0 Å². The van der Waals surface area contributed by atoms with Gasteiger partial charge in [0.05, 0.1) is 12.8 Å². The van der Waals surface area contributed by atoms with Crippen molar-refractivity contribution in [2.24, 2.45) is 5.10 Å². The van der Waals surface area contributed by atoms with Crippen LogP contribution in [0.2, 0.25) is 0 Å². The van der Waals surface area contributed by atoms with Gasteiger partial charge in [0.2, 0.25) is 0 Å². The third-order valence-corrected chi connectivity index (χ3v) is 3.75. The normalized spacial score (nSPS) is 10.6. The number of para-hydroxylation sites is 1. The molecule has 27 heavy (non-hydrogen) atoms. The zero-order valence-corrected chi connectivity index (χ0v) is 15.7. The lowest BCUT2D eigenvalue weighted by Crippen LogP contribution is -2.24. The first-order valence-corrected chi connectivity index (χ1v) is 9.09. The van der Waals surface area contributed by atoms with Crippen LogP contribution in [0.5, 0.6) is 11.5 Å². The van der Waals surface area contributed by atoms with Crippen LogP contribution in [0.15, 0.2) is 66.3 Å². The molecule has 1 N–H and O–H groups in total. The minimum absolute atomic E-state index is 0.101. The number of amides is 1. The molecular weight excluding hydrogens is 340 g/mol. The van der Waals surface area contributed by atoms with Crippen molar-refractivity contribution in [2.75, 3.05) is 13.2 Å². The molecule has 0 unspecified atom stereocenters. The Bertz CT molecular complexity index is 754. The fourth-order valence-corrected chi connectivity index (χ4v) is 2.31. The standard InChI is InChI=1S/C22H26N2O3/c1-3-5-15-26-20-13-11-18(12-14-20)16-23-24-22(25)17-27-21-10-7-6-9-19(21)8-4-2/h4,6-7,9-14,16H,2-3,5,8,15,17H2,1H3,(H,24,25). The van der Waals surface area contributed by atoms with Crippen LogP contribution in [0.4, 0.5) is 0 Å². The molecule has 0 aromatic heterocycles. The van der Waals surface area contributed by atoms with Crippen molar-refractivity contribution >= 4 is 12.1 Å². The first-order valence-electron chi connectivity index (χ1n) is 9.09. The topological polar surface area (TPSA) is 59.9 Å². The summed E-state index contributed by atoms with van der Waals surface area (Å²) >= 11 is 0. The van der Waals surface area contributed by atoms with Gasteiger partial charge in [-0.3, -0.25) is 4.79 Å². The third-order valence-electron chi connectivity index (χ3n) is 3.75. The Morgan fingerprint density at radius 2 is 1.93 bits per heavy atom. The maximum atomic E-state index is 11.9. The molecule has 0 fully saturated rings. The van der Waals surface area contributed by atoms with Crippen molar-refractivity contribution in [3.63, 3.8) is 0 Å². The number of unbranched alkanes of at least 4 members (excludes halogenated alkanes) is 1. The van der Waals surface area contributed by atoms with Crippen molar-refractivity contribution in [1.82, 2.24) is 5.43 Å².